The van der Waals surface area contributed by atoms with Gasteiger partial charge in [0.25, 0.3) is 0 Å². The van der Waals surface area contributed by atoms with E-state index < -0.39 is 21.6 Å². The summed E-state index contributed by atoms with van der Waals surface area (Å²) in [5.41, 5.74) is -5.22. The van der Waals surface area contributed by atoms with Gasteiger partial charge in [0.1, 0.15) is 0 Å². The van der Waals surface area contributed by atoms with Crippen molar-refractivity contribution in [2.24, 2.45) is 0 Å². The van der Waals surface area contributed by atoms with Crippen LogP contribution in [0.5, 0.6) is 0 Å². The number of rotatable bonds is 2. The second kappa shape index (κ2) is 4.67. The minimum atomic E-state index is -5.22. The SMILES string of the molecule is O=S(=O)(NC1CCCCNC1)C(F)(F)F. The van der Waals surface area contributed by atoms with E-state index in [9.17, 15) is 21.6 Å². The Morgan fingerprint density at radius 2 is 1.93 bits per heavy atom. The Morgan fingerprint density at radius 1 is 1.27 bits per heavy atom. The van der Waals surface area contributed by atoms with Gasteiger partial charge < -0.3 is 5.32 Å². The lowest BCUT2D eigenvalue weighted by atomic mass is 10.2. The molecule has 4 nitrogen and oxygen atoms in total. The molecule has 1 saturated heterocycles. The second-order valence-electron chi connectivity index (χ2n) is 3.46. The Morgan fingerprint density at radius 3 is 2.53 bits per heavy atom. The quantitative estimate of drug-likeness (QED) is 0.749. The molecule has 1 heterocycles. The van der Waals surface area contributed by atoms with Crippen molar-refractivity contribution < 1.29 is 21.6 Å². The molecule has 90 valence electrons. The number of halogens is 3. The third-order valence-corrected chi connectivity index (χ3v) is 3.43. The van der Waals surface area contributed by atoms with Crippen LogP contribution < -0.4 is 10.0 Å². The normalized spacial score (nSPS) is 24.9. The molecule has 15 heavy (non-hydrogen) atoms. The van der Waals surface area contributed by atoms with Crippen LogP contribution >= 0.6 is 0 Å². The molecule has 2 N–H and O–H groups in total. The van der Waals surface area contributed by atoms with E-state index in [1.165, 1.54) is 0 Å². The topological polar surface area (TPSA) is 58.2 Å². The molecule has 0 radical (unpaired) electrons. The highest BCUT2D eigenvalue weighted by Crippen LogP contribution is 2.22. The molecule has 0 saturated carbocycles. The highest BCUT2D eigenvalue weighted by Gasteiger charge is 2.46. The molecular formula is C7H13F3N2O2S. The summed E-state index contributed by atoms with van der Waals surface area (Å²) < 4.78 is 59.3. The molecule has 0 amide bonds. The van der Waals surface area contributed by atoms with Crippen molar-refractivity contribution in [1.82, 2.24) is 10.0 Å². The van der Waals surface area contributed by atoms with Crippen LogP contribution in [0, 0.1) is 0 Å². The van der Waals surface area contributed by atoms with Crippen molar-refractivity contribution in [2.45, 2.75) is 30.8 Å². The molecule has 0 aromatic rings. The molecule has 0 aliphatic carbocycles. The molecule has 0 aromatic carbocycles. The second-order valence-corrected chi connectivity index (χ2v) is 5.17. The Bertz CT molecular complexity index is 294. The first-order valence-corrected chi connectivity index (χ1v) is 6.10. The van der Waals surface area contributed by atoms with E-state index in [0.29, 0.717) is 13.0 Å². The highest BCUT2D eigenvalue weighted by atomic mass is 32.2. The van der Waals surface area contributed by atoms with Gasteiger partial charge in [-0.05, 0) is 19.4 Å². The van der Waals surface area contributed by atoms with Gasteiger partial charge in [0.2, 0.25) is 0 Å². The Labute approximate surface area is 86.3 Å². The van der Waals surface area contributed by atoms with Crippen molar-refractivity contribution in [3.05, 3.63) is 0 Å². The lowest BCUT2D eigenvalue weighted by molar-refractivity contribution is -0.0451. The lowest BCUT2D eigenvalue weighted by Gasteiger charge is -2.17. The minimum Gasteiger partial charge on any atom is -0.315 e. The van der Waals surface area contributed by atoms with Gasteiger partial charge in [-0.15, -0.1) is 0 Å². The van der Waals surface area contributed by atoms with E-state index >= 15 is 0 Å². The zero-order valence-corrected chi connectivity index (χ0v) is 8.79. The minimum absolute atomic E-state index is 0.245. The van der Waals surface area contributed by atoms with Gasteiger partial charge >= 0.3 is 15.5 Å². The van der Waals surface area contributed by atoms with Crippen LogP contribution in [-0.2, 0) is 10.0 Å². The van der Waals surface area contributed by atoms with Gasteiger partial charge in [-0.1, -0.05) is 6.42 Å². The predicted molar refractivity (Wildman–Crippen MR) is 48.6 cm³/mol. The molecule has 1 atom stereocenters. The Balaban J connectivity index is 2.60. The van der Waals surface area contributed by atoms with Gasteiger partial charge in [0, 0.05) is 12.6 Å². The van der Waals surface area contributed by atoms with E-state index in [1.54, 1.807) is 4.72 Å². The van der Waals surface area contributed by atoms with Gasteiger partial charge in [-0.25, -0.2) is 13.1 Å². The van der Waals surface area contributed by atoms with Gasteiger partial charge in [0.15, 0.2) is 0 Å². The van der Waals surface area contributed by atoms with Crippen molar-refractivity contribution >= 4 is 10.0 Å². The van der Waals surface area contributed by atoms with Crippen LogP contribution in [0.3, 0.4) is 0 Å². The van der Waals surface area contributed by atoms with Gasteiger partial charge in [0.05, 0.1) is 0 Å². The zero-order chi connectivity index (χ0) is 11.5. The molecule has 1 fully saturated rings. The lowest BCUT2D eigenvalue weighted by Crippen LogP contribution is -2.46. The fourth-order valence-corrected chi connectivity index (χ4v) is 2.18. The Kier molecular flexibility index (Phi) is 3.96. The van der Waals surface area contributed by atoms with E-state index in [1.807, 2.05) is 0 Å². The summed E-state index contributed by atoms with van der Waals surface area (Å²) in [7, 11) is -5.20. The Hall–Kier alpha value is -0.340. The summed E-state index contributed by atoms with van der Waals surface area (Å²) in [6.45, 7) is 0.958. The van der Waals surface area contributed by atoms with E-state index in [0.717, 1.165) is 12.8 Å². The third kappa shape index (κ3) is 3.62. The smallest absolute Gasteiger partial charge is 0.315 e. The molecule has 0 bridgehead atoms. The van der Waals surface area contributed by atoms with Gasteiger partial charge in [-0.2, -0.15) is 13.2 Å². The van der Waals surface area contributed by atoms with Crippen LogP contribution in [0.15, 0.2) is 0 Å². The predicted octanol–water partition coefficient (Wildman–Crippen LogP) is 0.568. The van der Waals surface area contributed by atoms with E-state index in [4.69, 9.17) is 0 Å². The molecule has 8 heteroatoms. The number of alkyl halides is 3. The maximum atomic E-state index is 12.0. The average molecular weight is 246 g/mol. The molecule has 1 aliphatic rings. The molecule has 1 unspecified atom stereocenters. The van der Waals surface area contributed by atoms with Crippen LogP contribution in [0.2, 0.25) is 0 Å². The van der Waals surface area contributed by atoms with Crippen molar-refractivity contribution in [3.63, 3.8) is 0 Å². The molecule has 0 spiro atoms. The number of hydrogen-bond donors (Lipinski definition) is 2. The average Bonchev–Trinajstić information content (AvgIpc) is 2.30. The van der Waals surface area contributed by atoms with Crippen LogP contribution in [0.25, 0.3) is 0 Å². The van der Waals surface area contributed by atoms with Crippen molar-refractivity contribution in [1.29, 1.82) is 0 Å². The van der Waals surface area contributed by atoms with E-state index in [2.05, 4.69) is 5.32 Å². The number of hydrogen-bond acceptors (Lipinski definition) is 3. The maximum Gasteiger partial charge on any atom is 0.511 e. The standard InChI is InChI=1S/C7H13F3N2O2S/c8-7(9,10)15(13,14)12-6-3-1-2-4-11-5-6/h6,11-12H,1-5H2. The zero-order valence-electron chi connectivity index (χ0n) is 7.97. The summed E-state index contributed by atoms with van der Waals surface area (Å²) in [5.74, 6) is 0. The summed E-state index contributed by atoms with van der Waals surface area (Å²) in [6.07, 6.45) is 2.00. The van der Waals surface area contributed by atoms with Crippen LogP contribution in [0.1, 0.15) is 19.3 Å². The fourth-order valence-electron chi connectivity index (χ4n) is 1.41. The third-order valence-electron chi connectivity index (χ3n) is 2.17. The summed E-state index contributed by atoms with van der Waals surface area (Å²) in [6, 6.07) is -0.667. The van der Waals surface area contributed by atoms with E-state index in [-0.39, 0.29) is 6.54 Å². The number of sulfonamides is 1. The first kappa shape index (κ1) is 12.7. The molecule has 1 aliphatic heterocycles. The highest BCUT2D eigenvalue weighted by molar-refractivity contribution is 7.90. The van der Waals surface area contributed by atoms with Gasteiger partial charge in [-0.3, -0.25) is 0 Å². The molecule has 0 aromatic heterocycles. The first-order valence-electron chi connectivity index (χ1n) is 4.62. The molecular weight excluding hydrogens is 233 g/mol. The van der Waals surface area contributed by atoms with Crippen LogP contribution in [0.4, 0.5) is 13.2 Å². The monoisotopic (exact) mass is 246 g/mol. The number of nitrogens with one attached hydrogen (secondary N) is 2. The maximum absolute atomic E-state index is 12.0. The first-order chi connectivity index (χ1) is 6.83. The molecule has 1 rings (SSSR count). The van der Waals surface area contributed by atoms with Crippen LogP contribution in [-0.4, -0.2) is 33.1 Å². The van der Waals surface area contributed by atoms with Crippen molar-refractivity contribution in [2.75, 3.05) is 13.1 Å². The summed E-state index contributed by atoms with van der Waals surface area (Å²) in [4.78, 5) is 0. The fraction of sp³-hybridized carbons (Fsp3) is 1.00. The largest absolute Gasteiger partial charge is 0.511 e. The summed E-state index contributed by atoms with van der Waals surface area (Å²) in [5, 5.41) is 2.88. The van der Waals surface area contributed by atoms with Crippen molar-refractivity contribution in [3.8, 4) is 0 Å². The summed E-state index contributed by atoms with van der Waals surface area (Å²) >= 11 is 0.